The SMILES string of the molecule is N#CCC1(n2cc(-c3nccc4nc(NC(=O)C5CC(O)C5)nn34)cn2)CNC1. The minimum Gasteiger partial charge on any atom is -0.393 e. The smallest absolute Gasteiger partial charge is 0.249 e. The first-order chi connectivity index (χ1) is 14.1. The number of hydrogen-bond acceptors (Lipinski definition) is 8. The second-order valence-corrected chi connectivity index (χ2v) is 7.62. The molecule has 11 heteroatoms. The van der Waals surface area contributed by atoms with Crippen LogP contribution in [0.4, 0.5) is 5.95 Å². The van der Waals surface area contributed by atoms with E-state index in [4.69, 9.17) is 5.26 Å². The van der Waals surface area contributed by atoms with Crippen LogP contribution >= 0.6 is 0 Å². The van der Waals surface area contributed by atoms with Crippen LogP contribution in [0.25, 0.3) is 17.0 Å². The zero-order chi connectivity index (χ0) is 20.0. The zero-order valence-corrected chi connectivity index (χ0v) is 15.5. The number of rotatable bonds is 5. The first kappa shape index (κ1) is 17.7. The van der Waals surface area contributed by atoms with Crippen molar-refractivity contribution in [1.82, 2.24) is 34.7 Å². The van der Waals surface area contributed by atoms with Crippen LogP contribution in [-0.2, 0) is 10.3 Å². The number of nitriles is 1. The topological polar surface area (TPSA) is 146 Å². The van der Waals surface area contributed by atoms with E-state index in [1.54, 1.807) is 23.0 Å². The summed E-state index contributed by atoms with van der Waals surface area (Å²) in [6.07, 6.45) is 6.07. The summed E-state index contributed by atoms with van der Waals surface area (Å²) in [6.45, 7) is 1.38. The van der Waals surface area contributed by atoms with Crippen LogP contribution < -0.4 is 10.6 Å². The molecule has 3 aromatic heterocycles. The van der Waals surface area contributed by atoms with Gasteiger partial charge in [-0.1, -0.05) is 0 Å². The maximum absolute atomic E-state index is 12.2. The minimum atomic E-state index is -0.401. The van der Waals surface area contributed by atoms with Crippen LogP contribution in [0.2, 0.25) is 0 Å². The number of nitrogens with one attached hydrogen (secondary N) is 2. The van der Waals surface area contributed by atoms with Gasteiger partial charge in [0.15, 0.2) is 11.5 Å². The summed E-state index contributed by atoms with van der Waals surface area (Å²) in [6, 6.07) is 3.94. The second kappa shape index (κ2) is 6.61. The average Bonchev–Trinajstić information content (AvgIpc) is 3.28. The largest absolute Gasteiger partial charge is 0.393 e. The number of anilines is 1. The second-order valence-electron chi connectivity index (χ2n) is 7.62. The monoisotopic (exact) mass is 393 g/mol. The number of carbonyl (C=O) groups excluding carboxylic acids is 1. The van der Waals surface area contributed by atoms with Gasteiger partial charge in [0, 0.05) is 37.5 Å². The third-order valence-corrected chi connectivity index (χ3v) is 5.62. The maximum Gasteiger partial charge on any atom is 0.249 e. The van der Waals surface area contributed by atoms with Gasteiger partial charge in [0.05, 0.1) is 30.4 Å². The average molecular weight is 393 g/mol. The third-order valence-electron chi connectivity index (χ3n) is 5.62. The Hall–Kier alpha value is -3.36. The highest BCUT2D eigenvalue weighted by Crippen LogP contribution is 2.29. The quantitative estimate of drug-likeness (QED) is 0.545. The molecule has 2 fully saturated rings. The van der Waals surface area contributed by atoms with Gasteiger partial charge in [-0.3, -0.25) is 14.8 Å². The normalized spacial score (nSPS) is 22.5. The van der Waals surface area contributed by atoms with Crippen molar-refractivity contribution in [2.45, 2.75) is 30.9 Å². The number of nitrogens with zero attached hydrogens (tertiary/aromatic N) is 7. The van der Waals surface area contributed by atoms with Crippen molar-refractivity contribution >= 4 is 17.5 Å². The molecule has 0 atom stereocenters. The molecule has 0 aromatic carbocycles. The first-order valence-electron chi connectivity index (χ1n) is 9.42. The van der Waals surface area contributed by atoms with Crippen molar-refractivity contribution < 1.29 is 9.90 Å². The van der Waals surface area contributed by atoms with E-state index >= 15 is 0 Å². The fourth-order valence-corrected chi connectivity index (χ4v) is 3.71. The fraction of sp³-hybridized carbons (Fsp3) is 0.444. The molecule has 29 heavy (non-hydrogen) atoms. The minimum absolute atomic E-state index is 0.190. The molecular weight excluding hydrogens is 374 g/mol. The lowest BCUT2D eigenvalue weighted by Gasteiger charge is -2.41. The molecule has 1 saturated carbocycles. The summed E-state index contributed by atoms with van der Waals surface area (Å²) < 4.78 is 3.37. The van der Waals surface area contributed by atoms with Gasteiger partial charge in [-0.05, 0) is 12.8 Å². The highest BCUT2D eigenvalue weighted by atomic mass is 16.3. The molecule has 4 heterocycles. The number of hydrogen-bond donors (Lipinski definition) is 3. The van der Waals surface area contributed by atoms with Gasteiger partial charge >= 0.3 is 0 Å². The molecular formula is C18H19N9O2. The summed E-state index contributed by atoms with van der Waals surface area (Å²) >= 11 is 0. The molecule has 1 aliphatic heterocycles. The van der Waals surface area contributed by atoms with Crippen molar-refractivity contribution in [3.05, 3.63) is 24.7 Å². The zero-order valence-electron chi connectivity index (χ0n) is 15.5. The molecule has 148 valence electrons. The number of aromatic nitrogens is 6. The molecule has 3 N–H and O–H groups in total. The van der Waals surface area contributed by atoms with E-state index in [-0.39, 0.29) is 23.3 Å². The number of aliphatic hydroxyl groups is 1. The Morgan fingerprint density at radius 3 is 2.97 bits per heavy atom. The van der Waals surface area contributed by atoms with Gasteiger partial charge in [-0.15, -0.1) is 5.10 Å². The lowest BCUT2D eigenvalue weighted by Crippen LogP contribution is -2.60. The standard InChI is InChI=1S/C18H19N9O2/c19-3-2-18(9-20-10-18)26-8-12(7-22-26)15-21-4-1-14-23-17(25-27(14)15)24-16(29)11-5-13(28)6-11/h1,4,7-8,11,13,20,28H,2,5-6,9-10H2,(H,24,25,29). The summed E-state index contributed by atoms with van der Waals surface area (Å²) in [5, 5.41) is 33.2. The molecule has 1 aliphatic carbocycles. The molecule has 11 nitrogen and oxygen atoms in total. The number of aliphatic hydroxyl groups excluding tert-OH is 1. The van der Waals surface area contributed by atoms with Crippen LogP contribution in [0.15, 0.2) is 24.7 Å². The van der Waals surface area contributed by atoms with Crippen molar-refractivity contribution in [3.63, 3.8) is 0 Å². The summed E-state index contributed by atoms with van der Waals surface area (Å²) in [5.74, 6) is 0.340. The van der Waals surface area contributed by atoms with Crippen LogP contribution in [0.1, 0.15) is 19.3 Å². The van der Waals surface area contributed by atoms with Crippen LogP contribution in [-0.4, -0.2) is 59.6 Å². The van der Waals surface area contributed by atoms with E-state index in [1.165, 1.54) is 0 Å². The van der Waals surface area contributed by atoms with Crippen LogP contribution in [0, 0.1) is 17.2 Å². The van der Waals surface area contributed by atoms with Gasteiger partial charge in [-0.2, -0.15) is 19.9 Å². The van der Waals surface area contributed by atoms with Gasteiger partial charge in [0.1, 0.15) is 5.54 Å². The predicted octanol–water partition coefficient (Wildman–Crippen LogP) is -0.0906. The third kappa shape index (κ3) is 2.93. The van der Waals surface area contributed by atoms with Crippen molar-refractivity contribution in [2.75, 3.05) is 18.4 Å². The molecule has 2 aliphatic rings. The summed E-state index contributed by atoms with van der Waals surface area (Å²) in [4.78, 5) is 21.0. The van der Waals surface area contributed by atoms with Gasteiger partial charge in [-0.25, -0.2) is 4.98 Å². The van der Waals surface area contributed by atoms with Gasteiger partial charge in [0.25, 0.3) is 0 Å². The summed E-state index contributed by atoms with van der Waals surface area (Å²) in [5.41, 5.74) is 0.948. The Bertz CT molecular complexity index is 1120. The van der Waals surface area contributed by atoms with E-state index in [0.29, 0.717) is 43.8 Å². The molecule has 1 saturated heterocycles. The lowest BCUT2D eigenvalue weighted by atomic mass is 9.82. The number of fused-ring (bicyclic) bond motifs is 1. The Kier molecular flexibility index (Phi) is 4.04. The number of carbonyl (C=O) groups is 1. The highest BCUT2D eigenvalue weighted by molar-refractivity contribution is 5.91. The molecule has 0 radical (unpaired) electrons. The van der Waals surface area contributed by atoms with E-state index in [1.807, 2.05) is 10.9 Å². The van der Waals surface area contributed by atoms with E-state index in [9.17, 15) is 9.90 Å². The van der Waals surface area contributed by atoms with Crippen LogP contribution in [0.5, 0.6) is 0 Å². The van der Waals surface area contributed by atoms with E-state index in [2.05, 4.69) is 36.9 Å². The van der Waals surface area contributed by atoms with Gasteiger partial charge < -0.3 is 10.4 Å². The Balaban J connectivity index is 1.43. The Labute approximate surface area is 165 Å². The molecule has 3 aromatic rings. The van der Waals surface area contributed by atoms with Crippen molar-refractivity contribution in [2.24, 2.45) is 5.92 Å². The van der Waals surface area contributed by atoms with Crippen LogP contribution in [0.3, 0.4) is 0 Å². The van der Waals surface area contributed by atoms with E-state index < -0.39 is 6.10 Å². The molecule has 5 rings (SSSR count). The van der Waals surface area contributed by atoms with Crippen molar-refractivity contribution in [3.8, 4) is 17.5 Å². The Morgan fingerprint density at radius 2 is 2.28 bits per heavy atom. The van der Waals surface area contributed by atoms with E-state index in [0.717, 1.165) is 5.56 Å². The highest BCUT2D eigenvalue weighted by Gasteiger charge is 2.39. The predicted molar refractivity (Wildman–Crippen MR) is 100 cm³/mol. The molecule has 0 bridgehead atoms. The fourth-order valence-electron chi connectivity index (χ4n) is 3.71. The maximum atomic E-state index is 12.2. The van der Waals surface area contributed by atoms with Gasteiger partial charge in [0.2, 0.25) is 11.9 Å². The molecule has 1 amide bonds. The van der Waals surface area contributed by atoms with Crippen molar-refractivity contribution in [1.29, 1.82) is 5.26 Å². The Morgan fingerprint density at radius 1 is 1.45 bits per heavy atom. The lowest BCUT2D eigenvalue weighted by molar-refractivity contribution is -0.126. The molecule has 0 unspecified atom stereocenters. The molecule has 0 spiro atoms. The summed E-state index contributed by atoms with van der Waals surface area (Å²) in [7, 11) is 0. The number of amides is 1. The first-order valence-corrected chi connectivity index (χ1v) is 9.42.